The van der Waals surface area contributed by atoms with Gasteiger partial charge in [0.25, 0.3) is 0 Å². The van der Waals surface area contributed by atoms with E-state index < -0.39 is 0 Å². The Balaban J connectivity index is 0.00000156. The van der Waals surface area contributed by atoms with Gasteiger partial charge in [-0.1, -0.05) is 18.6 Å². The molecule has 1 aromatic rings. The van der Waals surface area contributed by atoms with Gasteiger partial charge < -0.3 is 15.4 Å². The molecule has 0 spiro atoms. The largest absolute Gasteiger partial charge is 0.375 e. The third kappa shape index (κ3) is 6.42. The van der Waals surface area contributed by atoms with E-state index in [4.69, 9.17) is 4.74 Å². The molecule has 2 N–H and O–H groups in total. The zero-order chi connectivity index (χ0) is 16.1. The molecule has 2 aliphatic heterocycles. The molecule has 5 nitrogen and oxygen atoms in total. The minimum atomic E-state index is -0.283. The predicted octanol–water partition coefficient (Wildman–Crippen LogP) is 2.83. The Bertz CT molecular complexity index is 539. The average molecular weight is 390 g/mol. The van der Waals surface area contributed by atoms with E-state index in [0.29, 0.717) is 6.61 Å². The van der Waals surface area contributed by atoms with Crippen molar-refractivity contribution >= 4 is 36.4 Å². The Morgan fingerprint density at radius 2 is 2.04 bits per heavy atom. The van der Waals surface area contributed by atoms with Crippen LogP contribution >= 0.6 is 24.8 Å². The zero-order valence-electron chi connectivity index (χ0n) is 14.7. The van der Waals surface area contributed by atoms with Crippen LogP contribution in [0.4, 0.5) is 5.69 Å². The number of benzene rings is 1. The Labute approximate surface area is 162 Å². The van der Waals surface area contributed by atoms with E-state index in [1.807, 2.05) is 19.1 Å². The number of carbonyl (C=O) groups excluding carboxylic acids is 1. The van der Waals surface area contributed by atoms with Crippen molar-refractivity contribution in [2.45, 2.75) is 44.9 Å². The van der Waals surface area contributed by atoms with E-state index in [0.717, 1.165) is 18.8 Å². The van der Waals surface area contributed by atoms with E-state index in [-0.39, 0.29) is 42.9 Å². The van der Waals surface area contributed by atoms with Crippen LogP contribution in [0.2, 0.25) is 0 Å². The summed E-state index contributed by atoms with van der Waals surface area (Å²) in [6.45, 7) is 6.64. The van der Waals surface area contributed by atoms with Gasteiger partial charge in [0.1, 0.15) is 6.04 Å². The fourth-order valence-corrected chi connectivity index (χ4v) is 3.37. The number of piperidine rings is 1. The van der Waals surface area contributed by atoms with Gasteiger partial charge in [0, 0.05) is 18.8 Å². The molecular weight excluding hydrogens is 361 g/mol. The highest BCUT2D eigenvalue weighted by molar-refractivity contribution is 5.95. The van der Waals surface area contributed by atoms with E-state index in [2.05, 4.69) is 27.7 Å². The standard InChI is InChI=1S/C18H27N3O2.2ClH/c1-14-17(19-8-11-23-14)18(22)20-16-7-5-6-15(12-16)13-21-9-3-2-4-10-21;;/h5-7,12,14,17,19H,2-4,8-11,13H2,1H3,(H,20,22);2*1H/t14-,17+;;/m1../s1. The van der Waals surface area contributed by atoms with Gasteiger partial charge >= 0.3 is 0 Å². The van der Waals surface area contributed by atoms with Gasteiger partial charge in [0.05, 0.1) is 12.7 Å². The molecule has 2 aliphatic rings. The van der Waals surface area contributed by atoms with Gasteiger partial charge in [-0.15, -0.1) is 24.8 Å². The second kappa shape index (κ2) is 11.0. The Morgan fingerprint density at radius 1 is 1.28 bits per heavy atom. The summed E-state index contributed by atoms with van der Waals surface area (Å²) in [5, 5.41) is 6.24. The molecule has 3 rings (SSSR count). The van der Waals surface area contributed by atoms with Crippen LogP contribution < -0.4 is 10.6 Å². The van der Waals surface area contributed by atoms with Gasteiger partial charge in [0.2, 0.25) is 5.91 Å². The molecule has 2 saturated heterocycles. The molecule has 0 radical (unpaired) electrons. The summed E-state index contributed by atoms with van der Waals surface area (Å²) >= 11 is 0. The van der Waals surface area contributed by atoms with Crippen LogP contribution in [0.5, 0.6) is 0 Å². The predicted molar refractivity (Wildman–Crippen MR) is 106 cm³/mol. The van der Waals surface area contributed by atoms with Crippen molar-refractivity contribution in [1.29, 1.82) is 0 Å². The van der Waals surface area contributed by atoms with Gasteiger partial charge in [-0.2, -0.15) is 0 Å². The van der Waals surface area contributed by atoms with E-state index in [9.17, 15) is 4.79 Å². The molecule has 2 fully saturated rings. The number of rotatable bonds is 4. The number of nitrogens with one attached hydrogen (secondary N) is 2. The minimum Gasteiger partial charge on any atom is -0.375 e. The van der Waals surface area contributed by atoms with Gasteiger partial charge in [-0.3, -0.25) is 9.69 Å². The molecule has 7 heteroatoms. The highest BCUT2D eigenvalue weighted by Crippen LogP contribution is 2.17. The number of carbonyl (C=O) groups is 1. The highest BCUT2D eigenvalue weighted by atomic mass is 35.5. The van der Waals surface area contributed by atoms with Crippen molar-refractivity contribution in [3.63, 3.8) is 0 Å². The van der Waals surface area contributed by atoms with Gasteiger partial charge in [-0.25, -0.2) is 0 Å². The number of anilines is 1. The number of hydrogen-bond acceptors (Lipinski definition) is 4. The lowest BCUT2D eigenvalue weighted by atomic mass is 10.1. The van der Waals surface area contributed by atoms with Crippen molar-refractivity contribution in [1.82, 2.24) is 10.2 Å². The quantitative estimate of drug-likeness (QED) is 0.830. The van der Waals surface area contributed by atoms with Crippen molar-refractivity contribution in [3.05, 3.63) is 29.8 Å². The second-order valence-electron chi connectivity index (χ2n) is 6.53. The molecule has 0 unspecified atom stereocenters. The van der Waals surface area contributed by atoms with E-state index in [1.165, 1.54) is 37.9 Å². The normalized spacial score (nSPS) is 23.9. The first-order valence-electron chi connectivity index (χ1n) is 8.69. The van der Waals surface area contributed by atoms with Crippen molar-refractivity contribution in [2.24, 2.45) is 0 Å². The first kappa shape index (κ1) is 22.2. The number of amides is 1. The van der Waals surface area contributed by atoms with Crippen molar-refractivity contribution in [2.75, 3.05) is 31.6 Å². The smallest absolute Gasteiger partial charge is 0.244 e. The third-order valence-corrected chi connectivity index (χ3v) is 4.65. The van der Waals surface area contributed by atoms with E-state index >= 15 is 0 Å². The van der Waals surface area contributed by atoms with Gasteiger partial charge in [0.15, 0.2) is 0 Å². The topological polar surface area (TPSA) is 53.6 Å². The second-order valence-corrected chi connectivity index (χ2v) is 6.53. The van der Waals surface area contributed by atoms with Crippen LogP contribution in [0.25, 0.3) is 0 Å². The van der Waals surface area contributed by atoms with E-state index in [1.54, 1.807) is 0 Å². The summed E-state index contributed by atoms with van der Waals surface area (Å²) < 4.78 is 5.54. The maximum Gasteiger partial charge on any atom is 0.244 e. The molecule has 25 heavy (non-hydrogen) atoms. The molecule has 0 bridgehead atoms. The first-order chi connectivity index (χ1) is 11.2. The maximum atomic E-state index is 12.4. The Hall–Kier alpha value is -0.850. The number of nitrogens with zero attached hydrogens (tertiary/aromatic N) is 1. The minimum absolute atomic E-state index is 0. The number of morpholine rings is 1. The molecule has 2 atom stereocenters. The number of halogens is 2. The molecule has 1 amide bonds. The SMILES string of the molecule is C[C@H]1OCCN[C@@H]1C(=O)Nc1cccc(CN2CCCCC2)c1.Cl.Cl. The molecule has 2 heterocycles. The van der Waals surface area contributed by atoms with Crippen LogP contribution in [-0.4, -0.2) is 49.2 Å². The van der Waals surface area contributed by atoms with Crippen LogP contribution in [0.15, 0.2) is 24.3 Å². The molecule has 1 aromatic carbocycles. The van der Waals surface area contributed by atoms with Crippen LogP contribution in [0.3, 0.4) is 0 Å². The number of likely N-dealkylation sites (tertiary alicyclic amines) is 1. The maximum absolute atomic E-state index is 12.4. The number of ether oxygens (including phenoxy) is 1. The highest BCUT2D eigenvalue weighted by Gasteiger charge is 2.28. The fourth-order valence-electron chi connectivity index (χ4n) is 3.37. The monoisotopic (exact) mass is 389 g/mol. The summed E-state index contributed by atoms with van der Waals surface area (Å²) in [6, 6.07) is 7.90. The Kier molecular flexibility index (Phi) is 9.75. The average Bonchev–Trinajstić information content (AvgIpc) is 2.56. The van der Waals surface area contributed by atoms with Crippen LogP contribution in [0.1, 0.15) is 31.7 Å². The van der Waals surface area contributed by atoms with Crippen LogP contribution in [-0.2, 0) is 16.1 Å². The molecular formula is C18H29Cl2N3O2. The van der Waals surface area contributed by atoms with Crippen molar-refractivity contribution < 1.29 is 9.53 Å². The lowest BCUT2D eigenvalue weighted by Crippen LogP contribution is -2.53. The molecule has 0 aliphatic carbocycles. The summed E-state index contributed by atoms with van der Waals surface area (Å²) in [5.74, 6) is -0.0210. The molecule has 0 aromatic heterocycles. The molecule has 142 valence electrons. The summed E-state index contributed by atoms with van der Waals surface area (Å²) in [6.07, 6.45) is 3.84. The van der Waals surface area contributed by atoms with Crippen LogP contribution in [0, 0.1) is 0 Å². The summed E-state index contributed by atoms with van der Waals surface area (Å²) in [4.78, 5) is 14.9. The zero-order valence-corrected chi connectivity index (χ0v) is 16.3. The first-order valence-corrected chi connectivity index (χ1v) is 8.69. The van der Waals surface area contributed by atoms with Gasteiger partial charge in [-0.05, 0) is 50.6 Å². The Morgan fingerprint density at radius 3 is 2.76 bits per heavy atom. The number of hydrogen-bond donors (Lipinski definition) is 2. The summed E-state index contributed by atoms with van der Waals surface area (Å²) in [7, 11) is 0. The van der Waals surface area contributed by atoms with Crippen molar-refractivity contribution in [3.8, 4) is 0 Å². The summed E-state index contributed by atoms with van der Waals surface area (Å²) in [5.41, 5.74) is 2.12. The third-order valence-electron chi connectivity index (χ3n) is 4.65. The molecule has 0 saturated carbocycles. The lowest BCUT2D eigenvalue weighted by Gasteiger charge is -2.29. The lowest BCUT2D eigenvalue weighted by molar-refractivity contribution is -0.123. The fraction of sp³-hybridized carbons (Fsp3) is 0.611.